The van der Waals surface area contributed by atoms with Gasteiger partial charge < -0.3 is 20.5 Å². The Balaban J connectivity index is 2.70. The second-order valence-electron chi connectivity index (χ2n) is 4.98. The molecule has 0 bridgehead atoms. The Morgan fingerprint density at radius 3 is 2.50 bits per heavy atom. The van der Waals surface area contributed by atoms with Crippen LogP contribution in [0.3, 0.4) is 0 Å². The van der Waals surface area contributed by atoms with E-state index in [0.29, 0.717) is 0 Å². The number of amides is 2. The van der Waals surface area contributed by atoms with Crippen LogP contribution in [0.4, 0.5) is 0 Å². The molecule has 2 unspecified atom stereocenters. The Labute approximate surface area is 149 Å². The minimum atomic E-state index is -1.18. The normalized spacial score (nSPS) is 13.0. The molecule has 9 heteroatoms. The van der Waals surface area contributed by atoms with E-state index in [4.69, 9.17) is 33.0 Å². The third-order valence-corrected chi connectivity index (χ3v) is 3.98. The molecule has 0 aliphatic rings. The van der Waals surface area contributed by atoms with E-state index >= 15 is 0 Å². The van der Waals surface area contributed by atoms with Crippen molar-refractivity contribution in [1.29, 1.82) is 0 Å². The van der Waals surface area contributed by atoms with Gasteiger partial charge >= 0.3 is 5.97 Å². The van der Waals surface area contributed by atoms with Gasteiger partial charge in [0.25, 0.3) is 5.91 Å². The van der Waals surface area contributed by atoms with Gasteiger partial charge in [0.1, 0.15) is 12.1 Å². The van der Waals surface area contributed by atoms with Gasteiger partial charge in [0.2, 0.25) is 5.91 Å². The van der Waals surface area contributed by atoms with Crippen LogP contribution in [0.2, 0.25) is 10.0 Å². The van der Waals surface area contributed by atoms with Gasteiger partial charge in [-0.25, -0.2) is 4.79 Å². The average molecular weight is 377 g/mol. The van der Waals surface area contributed by atoms with Crippen LogP contribution >= 0.6 is 23.2 Å². The zero-order chi connectivity index (χ0) is 18.3. The monoisotopic (exact) mass is 376 g/mol. The van der Waals surface area contributed by atoms with Crippen molar-refractivity contribution >= 4 is 41.0 Å². The Morgan fingerprint density at radius 1 is 1.25 bits per heavy atom. The molecule has 1 aromatic carbocycles. The highest BCUT2D eigenvalue weighted by atomic mass is 35.5. The number of aliphatic carboxylic acids is 1. The second-order valence-corrected chi connectivity index (χ2v) is 5.76. The highest BCUT2D eigenvalue weighted by molar-refractivity contribution is 6.43. The molecule has 0 heterocycles. The van der Waals surface area contributed by atoms with Gasteiger partial charge in [-0.05, 0) is 19.1 Å². The van der Waals surface area contributed by atoms with Crippen molar-refractivity contribution in [2.45, 2.75) is 25.4 Å². The van der Waals surface area contributed by atoms with E-state index in [0.717, 1.165) is 0 Å². The molecule has 0 saturated carbocycles. The molecule has 1 rings (SSSR count). The Kier molecular flexibility index (Phi) is 7.97. The number of carbonyl (C=O) groups excluding carboxylic acids is 2. The molecule has 0 radical (unpaired) electrons. The van der Waals surface area contributed by atoms with Gasteiger partial charge in [-0.3, -0.25) is 9.59 Å². The summed E-state index contributed by atoms with van der Waals surface area (Å²) in [7, 11) is 1.43. The van der Waals surface area contributed by atoms with Gasteiger partial charge in [-0.2, -0.15) is 0 Å². The number of carboxylic acids is 1. The summed E-state index contributed by atoms with van der Waals surface area (Å²) in [5, 5.41) is 14.1. The maximum Gasteiger partial charge on any atom is 0.326 e. The molecule has 0 saturated heterocycles. The molecule has 0 aliphatic carbocycles. The van der Waals surface area contributed by atoms with E-state index in [9.17, 15) is 14.4 Å². The zero-order valence-corrected chi connectivity index (χ0v) is 14.6. The van der Waals surface area contributed by atoms with E-state index in [2.05, 4.69) is 10.6 Å². The van der Waals surface area contributed by atoms with E-state index in [-0.39, 0.29) is 28.6 Å². The van der Waals surface area contributed by atoms with Crippen molar-refractivity contribution < 1.29 is 24.2 Å². The number of carboxylic acid groups (broad SMARTS) is 1. The number of rotatable bonds is 8. The maximum absolute atomic E-state index is 12.2. The molecule has 3 N–H and O–H groups in total. The molecule has 0 fully saturated rings. The molecule has 0 aromatic heterocycles. The first-order valence-electron chi connectivity index (χ1n) is 7.05. The summed E-state index contributed by atoms with van der Waals surface area (Å²) < 4.78 is 4.80. The quantitative estimate of drug-likeness (QED) is 0.640. The van der Waals surface area contributed by atoms with Gasteiger partial charge in [-0.15, -0.1) is 0 Å². The standard InChI is InChI=1S/C15H18Cl2N2O5/c1-8(13(20)19-11(15(22)23)6-7-24-2)18-14(21)9-4-3-5-10(16)12(9)17/h3-5,8,11H,6-7H2,1-2H3,(H,18,21)(H,19,20)(H,22,23). The molecule has 1 aromatic rings. The van der Waals surface area contributed by atoms with Gasteiger partial charge in [0.05, 0.1) is 15.6 Å². The number of carbonyl (C=O) groups is 3. The van der Waals surface area contributed by atoms with Crippen LogP contribution in [0.1, 0.15) is 23.7 Å². The minimum Gasteiger partial charge on any atom is -0.480 e. The molecule has 2 atom stereocenters. The molecular weight excluding hydrogens is 359 g/mol. The average Bonchev–Trinajstić information content (AvgIpc) is 2.53. The van der Waals surface area contributed by atoms with Crippen molar-refractivity contribution in [2.75, 3.05) is 13.7 Å². The number of hydrogen-bond donors (Lipinski definition) is 3. The predicted molar refractivity (Wildman–Crippen MR) is 89.4 cm³/mol. The molecule has 132 valence electrons. The Hall–Kier alpha value is -1.83. The fourth-order valence-electron chi connectivity index (χ4n) is 1.81. The third-order valence-electron chi connectivity index (χ3n) is 3.16. The molecule has 2 amide bonds. The molecule has 7 nitrogen and oxygen atoms in total. The molecule has 24 heavy (non-hydrogen) atoms. The largest absolute Gasteiger partial charge is 0.480 e. The molecular formula is C15H18Cl2N2O5. The van der Waals surface area contributed by atoms with Crippen LogP contribution in [0.15, 0.2) is 18.2 Å². The van der Waals surface area contributed by atoms with Crippen molar-refractivity contribution in [3.8, 4) is 0 Å². The number of halogens is 2. The lowest BCUT2D eigenvalue weighted by atomic mass is 10.1. The van der Waals surface area contributed by atoms with Crippen LogP contribution in [-0.4, -0.2) is 48.7 Å². The third kappa shape index (κ3) is 5.67. The SMILES string of the molecule is COCCC(NC(=O)C(C)NC(=O)c1cccc(Cl)c1Cl)C(=O)O. The first kappa shape index (κ1) is 20.2. The lowest BCUT2D eigenvalue weighted by molar-refractivity contribution is -0.142. The van der Waals surface area contributed by atoms with Gasteiger partial charge in [-0.1, -0.05) is 29.3 Å². The Morgan fingerprint density at radius 2 is 1.92 bits per heavy atom. The number of nitrogens with one attached hydrogen (secondary N) is 2. The number of hydrogen-bond acceptors (Lipinski definition) is 4. The van der Waals surface area contributed by atoms with E-state index < -0.39 is 29.9 Å². The molecule has 0 aliphatic heterocycles. The van der Waals surface area contributed by atoms with Crippen molar-refractivity contribution in [1.82, 2.24) is 10.6 Å². The fourth-order valence-corrected chi connectivity index (χ4v) is 2.20. The fraction of sp³-hybridized carbons (Fsp3) is 0.400. The zero-order valence-electron chi connectivity index (χ0n) is 13.1. The van der Waals surface area contributed by atoms with E-state index in [1.807, 2.05) is 0 Å². The van der Waals surface area contributed by atoms with Crippen molar-refractivity contribution in [3.05, 3.63) is 33.8 Å². The summed E-state index contributed by atoms with van der Waals surface area (Å²) in [5.74, 6) is -2.41. The summed E-state index contributed by atoms with van der Waals surface area (Å²) in [4.78, 5) is 35.3. The van der Waals surface area contributed by atoms with Crippen LogP contribution in [0, 0.1) is 0 Å². The van der Waals surface area contributed by atoms with Crippen LogP contribution in [0.25, 0.3) is 0 Å². The lowest BCUT2D eigenvalue weighted by Gasteiger charge is -2.18. The van der Waals surface area contributed by atoms with Crippen LogP contribution in [0.5, 0.6) is 0 Å². The topological polar surface area (TPSA) is 105 Å². The van der Waals surface area contributed by atoms with Crippen LogP contribution < -0.4 is 10.6 Å². The van der Waals surface area contributed by atoms with Crippen molar-refractivity contribution in [2.24, 2.45) is 0 Å². The van der Waals surface area contributed by atoms with E-state index in [1.165, 1.54) is 26.2 Å². The first-order valence-corrected chi connectivity index (χ1v) is 7.80. The summed E-state index contributed by atoms with van der Waals surface area (Å²) in [6.07, 6.45) is 0.109. The summed E-state index contributed by atoms with van der Waals surface area (Å²) >= 11 is 11.8. The summed E-state index contributed by atoms with van der Waals surface area (Å²) in [5.41, 5.74) is 0.123. The number of benzene rings is 1. The van der Waals surface area contributed by atoms with Crippen LogP contribution in [-0.2, 0) is 14.3 Å². The molecule has 0 spiro atoms. The van der Waals surface area contributed by atoms with E-state index in [1.54, 1.807) is 6.07 Å². The Bertz CT molecular complexity index is 624. The van der Waals surface area contributed by atoms with Gasteiger partial charge in [0.15, 0.2) is 0 Å². The minimum absolute atomic E-state index is 0.0766. The number of ether oxygens (including phenoxy) is 1. The predicted octanol–water partition coefficient (Wildman–Crippen LogP) is 1.72. The highest BCUT2D eigenvalue weighted by Gasteiger charge is 2.24. The first-order chi connectivity index (χ1) is 11.3. The summed E-state index contributed by atoms with van der Waals surface area (Å²) in [6, 6.07) is 2.49. The van der Waals surface area contributed by atoms with Crippen molar-refractivity contribution in [3.63, 3.8) is 0 Å². The second kappa shape index (κ2) is 9.46. The van der Waals surface area contributed by atoms with Gasteiger partial charge in [0, 0.05) is 20.1 Å². The smallest absolute Gasteiger partial charge is 0.326 e. The lowest BCUT2D eigenvalue weighted by Crippen LogP contribution is -2.50. The maximum atomic E-state index is 12.2. The highest BCUT2D eigenvalue weighted by Crippen LogP contribution is 2.25. The number of methoxy groups -OCH3 is 1. The summed E-state index contributed by atoms with van der Waals surface area (Å²) in [6.45, 7) is 1.61.